The van der Waals surface area contributed by atoms with Crippen LogP contribution in [0.5, 0.6) is 0 Å². The molecular weight excluding hydrogens is 302 g/mol. The number of rotatable bonds is 2. The summed E-state index contributed by atoms with van der Waals surface area (Å²) in [4.78, 5) is 8.56. The summed E-state index contributed by atoms with van der Waals surface area (Å²) in [6, 6.07) is 4.66. The van der Waals surface area contributed by atoms with Crippen LogP contribution < -0.4 is 5.32 Å². The lowest BCUT2D eigenvalue weighted by Crippen LogP contribution is -2.05. The van der Waals surface area contributed by atoms with Gasteiger partial charge in [-0.05, 0) is 65.0 Å². The Bertz CT molecular complexity index is 596. The van der Waals surface area contributed by atoms with Gasteiger partial charge in [0.2, 0.25) is 5.28 Å². The number of nitrogens with one attached hydrogen (secondary N) is 1. The van der Waals surface area contributed by atoms with Crippen LogP contribution in [0.2, 0.25) is 5.28 Å². The molecule has 1 aromatic heterocycles. The summed E-state index contributed by atoms with van der Waals surface area (Å²) in [5.41, 5.74) is 2.04. The fraction of sp³-hybridized carbons (Fsp3) is 0.333. The number of anilines is 1. The van der Waals surface area contributed by atoms with E-state index < -0.39 is 0 Å². The van der Waals surface area contributed by atoms with Crippen LogP contribution in [0.25, 0.3) is 10.9 Å². The lowest BCUT2D eigenvalue weighted by atomic mass is 10.1. The zero-order valence-corrected chi connectivity index (χ0v) is 11.6. The number of aromatic nitrogens is 2. The molecule has 1 aromatic carbocycles. The molecule has 88 valence electrons. The van der Waals surface area contributed by atoms with Gasteiger partial charge in [0.1, 0.15) is 5.82 Å². The molecular formula is C12H11BrClN3. The van der Waals surface area contributed by atoms with E-state index in [1.54, 1.807) is 0 Å². The van der Waals surface area contributed by atoms with Gasteiger partial charge < -0.3 is 5.32 Å². The predicted molar refractivity (Wildman–Crippen MR) is 73.6 cm³/mol. The van der Waals surface area contributed by atoms with Crippen molar-refractivity contribution >= 4 is 44.3 Å². The summed E-state index contributed by atoms with van der Waals surface area (Å²) in [7, 11) is 0. The van der Waals surface area contributed by atoms with Crippen LogP contribution in [0.15, 0.2) is 16.6 Å². The molecule has 1 saturated carbocycles. The van der Waals surface area contributed by atoms with E-state index in [2.05, 4.69) is 44.2 Å². The van der Waals surface area contributed by atoms with Crippen molar-refractivity contribution < 1.29 is 0 Å². The zero-order valence-electron chi connectivity index (χ0n) is 9.30. The van der Waals surface area contributed by atoms with Gasteiger partial charge in [0.05, 0.1) is 5.52 Å². The normalized spacial score (nSPS) is 15.2. The highest BCUT2D eigenvalue weighted by molar-refractivity contribution is 9.10. The maximum atomic E-state index is 5.96. The molecule has 3 nitrogen and oxygen atoms in total. The highest BCUT2D eigenvalue weighted by Crippen LogP contribution is 2.32. The first-order valence-corrected chi connectivity index (χ1v) is 6.70. The van der Waals surface area contributed by atoms with E-state index in [0.717, 1.165) is 21.2 Å². The van der Waals surface area contributed by atoms with Gasteiger partial charge in [-0.2, -0.15) is 0 Å². The largest absolute Gasteiger partial charge is 0.367 e. The number of hydrogen-bond donors (Lipinski definition) is 1. The minimum Gasteiger partial charge on any atom is -0.367 e. The van der Waals surface area contributed by atoms with Gasteiger partial charge in [-0.3, -0.25) is 0 Å². The van der Waals surface area contributed by atoms with Gasteiger partial charge in [0, 0.05) is 15.9 Å². The lowest BCUT2D eigenvalue weighted by molar-refractivity contribution is 1.10. The smallest absolute Gasteiger partial charge is 0.224 e. The molecule has 0 bridgehead atoms. The molecule has 0 amide bonds. The Morgan fingerprint density at radius 1 is 1.35 bits per heavy atom. The van der Waals surface area contributed by atoms with Crippen molar-refractivity contribution in [2.75, 3.05) is 5.32 Å². The van der Waals surface area contributed by atoms with E-state index >= 15 is 0 Å². The van der Waals surface area contributed by atoms with Crippen LogP contribution in [0.1, 0.15) is 18.4 Å². The molecule has 0 atom stereocenters. The second-order valence-corrected chi connectivity index (χ2v) is 5.60. The van der Waals surface area contributed by atoms with Crippen molar-refractivity contribution in [2.45, 2.75) is 25.8 Å². The molecule has 1 fully saturated rings. The molecule has 0 radical (unpaired) electrons. The third kappa shape index (κ3) is 2.24. The first-order chi connectivity index (χ1) is 8.13. The topological polar surface area (TPSA) is 37.8 Å². The SMILES string of the molecule is Cc1cc(Br)c2nc(Cl)nc(NC3CC3)c2c1. The first kappa shape index (κ1) is 11.2. The summed E-state index contributed by atoms with van der Waals surface area (Å²) >= 11 is 9.48. The Labute approximate surface area is 113 Å². The van der Waals surface area contributed by atoms with Gasteiger partial charge in [-0.15, -0.1) is 0 Å². The van der Waals surface area contributed by atoms with Crippen LogP contribution in [0, 0.1) is 6.92 Å². The number of fused-ring (bicyclic) bond motifs is 1. The molecule has 1 N–H and O–H groups in total. The zero-order chi connectivity index (χ0) is 12.0. The predicted octanol–water partition coefficient (Wildman–Crippen LogP) is 3.93. The van der Waals surface area contributed by atoms with Crippen molar-refractivity contribution in [3.63, 3.8) is 0 Å². The monoisotopic (exact) mass is 311 g/mol. The van der Waals surface area contributed by atoms with E-state index in [1.807, 2.05) is 6.07 Å². The number of nitrogens with zero attached hydrogens (tertiary/aromatic N) is 2. The van der Waals surface area contributed by atoms with Crippen molar-refractivity contribution in [2.24, 2.45) is 0 Å². The average molecular weight is 313 g/mol. The number of aryl methyl sites for hydroxylation is 1. The van der Waals surface area contributed by atoms with Crippen molar-refractivity contribution in [3.05, 3.63) is 27.5 Å². The molecule has 1 aliphatic rings. The number of halogens is 2. The van der Waals surface area contributed by atoms with E-state index in [4.69, 9.17) is 11.6 Å². The Morgan fingerprint density at radius 3 is 2.82 bits per heavy atom. The Balaban J connectivity index is 2.24. The fourth-order valence-electron chi connectivity index (χ4n) is 1.83. The highest BCUT2D eigenvalue weighted by atomic mass is 79.9. The quantitative estimate of drug-likeness (QED) is 0.854. The molecule has 17 heavy (non-hydrogen) atoms. The van der Waals surface area contributed by atoms with Crippen LogP contribution >= 0.6 is 27.5 Å². The van der Waals surface area contributed by atoms with E-state index in [-0.39, 0.29) is 5.28 Å². The van der Waals surface area contributed by atoms with Gasteiger partial charge in [-0.25, -0.2) is 9.97 Å². The van der Waals surface area contributed by atoms with Crippen molar-refractivity contribution in [1.29, 1.82) is 0 Å². The summed E-state index contributed by atoms with van der Waals surface area (Å²) in [5.74, 6) is 0.840. The minimum atomic E-state index is 0.283. The van der Waals surface area contributed by atoms with Gasteiger partial charge >= 0.3 is 0 Å². The summed E-state index contributed by atoms with van der Waals surface area (Å²) in [6.45, 7) is 2.06. The van der Waals surface area contributed by atoms with Crippen molar-refractivity contribution in [3.8, 4) is 0 Å². The van der Waals surface area contributed by atoms with Gasteiger partial charge in [0.25, 0.3) is 0 Å². The summed E-state index contributed by atoms with van der Waals surface area (Å²) in [6.07, 6.45) is 2.41. The minimum absolute atomic E-state index is 0.283. The molecule has 5 heteroatoms. The third-order valence-electron chi connectivity index (χ3n) is 2.79. The molecule has 0 saturated heterocycles. The van der Waals surface area contributed by atoms with Crippen LogP contribution in [-0.2, 0) is 0 Å². The van der Waals surface area contributed by atoms with E-state index in [1.165, 1.54) is 18.4 Å². The Hall–Kier alpha value is -0.870. The summed E-state index contributed by atoms with van der Waals surface area (Å²) < 4.78 is 0.954. The van der Waals surface area contributed by atoms with Crippen LogP contribution in [0.3, 0.4) is 0 Å². The molecule has 3 rings (SSSR count). The Morgan fingerprint density at radius 2 is 2.12 bits per heavy atom. The van der Waals surface area contributed by atoms with E-state index in [9.17, 15) is 0 Å². The average Bonchev–Trinajstić information content (AvgIpc) is 3.04. The van der Waals surface area contributed by atoms with Crippen LogP contribution in [-0.4, -0.2) is 16.0 Å². The van der Waals surface area contributed by atoms with Gasteiger partial charge in [0.15, 0.2) is 0 Å². The first-order valence-electron chi connectivity index (χ1n) is 5.53. The molecule has 2 aromatic rings. The molecule has 0 spiro atoms. The molecule has 0 aliphatic heterocycles. The van der Waals surface area contributed by atoms with E-state index in [0.29, 0.717) is 6.04 Å². The van der Waals surface area contributed by atoms with Crippen molar-refractivity contribution in [1.82, 2.24) is 9.97 Å². The lowest BCUT2D eigenvalue weighted by Gasteiger charge is -2.09. The van der Waals surface area contributed by atoms with Gasteiger partial charge in [-0.1, -0.05) is 0 Å². The molecule has 0 unspecified atom stereocenters. The number of benzene rings is 1. The maximum absolute atomic E-state index is 5.96. The number of hydrogen-bond acceptors (Lipinski definition) is 3. The molecule has 1 heterocycles. The standard InChI is InChI=1S/C12H11BrClN3/c1-6-4-8-10(9(13)5-6)16-12(14)17-11(8)15-7-2-3-7/h4-5,7H,2-3H2,1H3,(H,15,16,17). The maximum Gasteiger partial charge on any atom is 0.224 e. The second-order valence-electron chi connectivity index (χ2n) is 4.40. The third-order valence-corrected chi connectivity index (χ3v) is 3.56. The summed E-state index contributed by atoms with van der Waals surface area (Å²) in [5, 5.41) is 4.70. The fourth-order valence-corrected chi connectivity index (χ4v) is 2.66. The molecule has 1 aliphatic carbocycles. The second kappa shape index (κ2) is 4.10. The Kier molecular flexibility index (Phi) is 2.71. The highest BCUT2D eigenvalue weighted by Gasteiger charge is 2.23. The van der Waals surface area contributed by atoms with Crippen LogP contribution in [0.4, 0.5) is 5.82 Å².